The number of rotatable bonds is 2. The molecule has 0 bridgehead atoms. The second-order valence-electron chi connectivity index (χ2n) is 4.78. The van der Waals surface area contributed by atoms with Gasteiger partial charge in [0.2, 0.25) is 0 Å². The van der Waals surface area contributed by atoms with Crippen molar-refractivity contribution in [3.8, 4) is 18.1 Å². The number of methoxy groups -OCH3 is 1. The van der Waals surface area contributed by atoms with Gasteiger partial charge in [0, 0.05) is 0 Å². The first-order valence-electron chi connectivity index (χ1n) is 5.22. The van der Waals surface area contributed by atoms with Gasteiger partial charge in [-0.25, -0.2) is 0 Å². The summed E-state index contributed by atoms with van der Waals surface area (Å²) in [6.07, 6.45) is 4.35. The number of terminal acetylenes is 1. The third-order valence-corrected chi connectivity index (χ3v) is 2.51. The molecule has 0 spiro atoms. The molecular formula is C14H18O2. The van der Waals surface area contributed by atoms with Gasteiger partial charge in [0.1, 0.15) is 11.9 Å². The van der Waals surface area contributed by atoms with E-state index in [-0.39, 0.29) is 5.41 Å². The number of hydrogen-bond acceptors (Lipinski definition) is 2. The number of ether oxygens (including phenoxy) is 1. The van der Waals surface area contributed by atoms with Gasteiger partial charge in [0.25, 0.3) is 0 Å². The second-order valence-corrected chi connectivity index (χ2v) is 4.78. The first kappa shape index (κ1) is 12.6. The zero-order valence-corrected chi connectivity index (χ0v) is 10.2. The Morgan fingerprint density at radius 1 is 1.38 bits per heavy atom. The molecule has 0 radical (unpaired) electrons. The monoisotopic (exact) mass is 218 g/mol. The van der Waals surface area contributed by atoms with Crippen LogP contribution in [-0.4, -0.2) is 12.2 Å². The second kappa shape index (κ2) is 4.59. The van der Waals surface area contributed by atoms with Crippen LogP contribution in [0.1, 0.15) is 38.0 Å². The highest BCUT2D eigenvalue weighted by atomic mass is 16.5. The molecule has 1 aromatic carbocycles. The molecule has 2 heteroatoms. The number of hydrogen-bond donors (Lipinski definition) is 1. The Balaban J connectivity index is 3.28. The Morgan fingerprint density at radius 3 is 2.44 bits per heavy atom. The lowest BCUT2D eigenvalue weighted by Gasteiger charge is -2.23. The zero-order valence-electron chi connectivity index (χ0n) is 10.2. The van der Waals surface area contributed by atoms with Crippen LogP contribution in [0.25, 0.3) is 0 Å². The van der Waals surface area contributed by atoms with Crippen LogP contribution in [0, 0.1) is 12.3 Å². The van der Waals surface area contributed by atoms with Gasteiger partial charge in [-0.2, -0.15) is 0 Å². The highest BCUT2D eigenvalue weighted by Gasteiger charge is 2.20. The van der Waals surface area contributed by atoms with Crippen LogP contribution < -0.4 is 4.74 Å². The highest BCUT2D eigenvalue weighted by molar-refractivity contribution is 5.43. The molecule has 86 valence electrons. The van der Waals surface area contributed by atoms with Crippen molar-refractivity contribution in [2.24, 2.45) is 0 Å². The van der Waals surface area contributed by atoms with Crippen molar-refractivity contribution in [3.63, 3.8) is 0 Å². The van der Waals surface area contributed by atoms with Crippen LogP contribution in [0.2, 0.25) is 0 Å². The summed E-state index contributed by atoms with van der Waals surface area (Å²) in [6.45, 7) is 6.28. The minimum atomic E-state index is -0.855. The maximum absolute atomic E-state index is 9.61. The van der Waals surface area contributed by atoms with Crippen LogP contribution in [0.4, 0.5) is 0 Å². The first-order valence-corrected chi connectivity index (χ1v) is 5.22. The molecule has 1 atom stereocenters. The summed E-state index contributed by atoms with van der Waals surface area (Å²) in [5.41, 5.74) is 1.73. The third kappa shape index (κ3) is 2.56. The predicted octanol–water partition coefficient (Wildman–Crippen LogP) is 2.66. The van der Waals surface area contributed by atoms with Crippen molar-refractivity contribution >= 4 is 0 Å². The summed E-state index contributed by atoms with van der Waals surface area (Å²) in [6, 6.07) is 5.54. The molecule has 0 aliphatic heterocycles. The molecule has 0 aliphatic rings. The van der Waals surface area contributed by atoms with Crippen LogP contribution in [0.3, 0.4) is 0 Å². The van der Waals surface area contributed by atoms with E-state index in [1.54, 1.807) is 13.2 Å². The van der Waals surface area contributed by atoms with E-state index >= 15 is 0 Å². The van der Waals surface area contributed by atoms with Gasteiger partial charge in [-0.1, -0.05) is 32.8 Å². The predicted molar refractivity (Wildman–Crippen MR) is 65.5 cm³/mol. The third-order valence-electron chi connectivity index (χ3n) is 2.51. The summed E-state index contributed by atoms with van der Waals surface area (Å²) in [7, 11) is 1.64. The van der Waals surface area contributed by atoms with Crippen LogP contribution in [0.15, 0.2) is 18.2 Å². The average Bonchev–Trinajstić information content (AvgIpc) is 2.26. The van der Waals surface area contributed by atoms with E-state index in [0.717, 1.165) is 16.9 Å². The molecule has 1 N–H and O–H groups in total. The Morgan fingerprint density at radius 2 is 2.00 bits per heavy atom. The van der Waals surface area contributed by atoms with Crippen LogP contribution in [-0.2, 0) is 5.41 Å². The molecule has 0 heterocycles. The lowest BCUT2D eigenvalue weighted by Crippen LogP contribution is -2.13. The molecule has 1 rings (SSSR count). The molecule has 0 aliphatic carbocycles. The minimum absolute atomic E-state index is 0.0460. The zero-order chi connectivity index (χ0) is 12.3. The van der Waals surface area contributed by atoms with Gasteiger partial charge in [-0.15, -0.1) is 6.42 Å². The number of benzene rings is 1. The molecule has 2 nitrogen and oxygen atoms in total. The molecule has 1 unspecified atom stereocenters. The quantitative estimate of drug-likeness (QED) is 0.773. The van der Waals surface area contributed by atoms with Crippen molar-refractivity contribution in [3.05, 3.63) is 29.3 Å². The normalized spacial score (nSPS) is 13.0. The minimum Gasteiger partial charge on any atom is -0.496 e. The van der Waals surface area contributed by atoms with Gasteiger partial charge in [0.15, 0.2) is 0 Å². The molecule has 0 amide bonds. The van der Waals surface area contributed by atoms with Crippen molar-refractivity contribution in [1.29, 1.82) is 0 Å². The van der Waals surface area contributed by atoms with Crippen LogP contribution in [0.5, 0.6) is 5.75 Å². The highest BCUT2D eigenvalue weighted by Crippen LogP contribution is 2.33. The lowest BCUT2D eigenvalue weighted by atomic mass is 9.85. The van der Waals surface area contributed by atoms with Gasteiger partial charge in [-0.05, 0) is 28.7 Å². The van der Waals surface area contributed by atoms with Crippen molar-refractivity contribution in [1.82, 2.24) is 0 Å². The molecule has 0 saturated carbocycles. The van der Waals surface area contributed by atoms with Crippen molar-refractivity contribution in [2.75, 3.05) is 7.11 Å². The van der Waals surface area contributed by atoms with E-state index in [1.807, 2.05) is 12.1 Å². The largest absolute Gasteiger partial charge is 0.496 e. The fourth-order valence-corrected chi connectivity index (χ4v) is 1.58. The molecule has 0 aromatic heterocycles. The SMILES string of the molecule is C#CC(O)c1ccc(OC)c(C(C)(C)C)c1. The van der Waals surface area contributed by atoms with Crippen molar-refractivity contribution < 1.29 is 9.84 Å². The van der Waals surface area contributed by atoms with E-state index in [4.69, 9.17) is 11.2 Å². The molecule has 0 saturated heterocycles. The van der Waals surface area contributed by atoms with Gasteiger partial charge in [0.05, 0.1) is 7.11 Å². The number of aliphatic hydroxyl groups is 1. The first-order chi connectivity index (χ1) is 7.40. The molecular weight excluding hydrogens is 200 g/mol. The summed E-state index contributed by atoms with van der Waals surface area (Å²) in [5, 5.41) is 9.61. The van der Waals surface area contributed by atoms with E-state index < -0.39 is 6.10 Å². The van der Waals surface area contributed by atoms with Gasteiger partial charge >= 0.3 is 0 Å². The standard InChI is InChI=1S/C14H18O2/c1-6-12(15)10-7-8-13(16-5)11(9-10)14(2,3)4/h1,7-9,12,15H,2-5H3. The Bertz CT molecular complexity index is 408. The topological polar surface area (TPSA) is 29.5 Å². The molecule has 16 heavy (non-hydrogen) atoms. The molecule has 0 fully saturated rings. The smallest absolute Gasteiger partial charge is 0.139 e. The summed E-state index contributed by atoms with van der Waals surface area (Å²) >= 11 is 0. The maximum atomic E-state index is 9.61. The molecule has 1 aromatic rings. The van der Waals surface area contributed by atoms with E-state index in [9.17, 15) is 5.11 Å². The van der Waals surface area contributed by atoms with E-state index in [0.29, 0.717) is 0 Å². The van der Waals surface area contributed by atoms with E-state index in [1.165, 1.54) is 0 Å². The van der Waals surface area contributed by atoms with Gasteiger partial charge in [-0.3, -0.25) is 0 Å². The summed E-state index contributed by atoms with van der Waals surface area (Å²) in [4.78, 5) is 0. The van der Waals surface area contributed by atoms with Gasteiger partial charge < -0.3 is 9.84 Å². The Labute approximate surface area is 97.3 Å². The Kier molecular flexibility index (Phi) is 3.62. The fourth-order valence-electron chi connectivity index (χ4n) is 1.58. The summed E-state index contributed by atoms with van der Waals surface area (Å²) in [5.74, 6) is 3.13. The van der Waals surface area contributed by atoms with Crippen LogP contribution >= 0.6 is 0 Å². The maximum Gasteiger partial charge on any atom is 0.139 e. The average molecular weight is 218 g/mol. The Hall–Kier alpha value is -1.46. The van der Waals surface area contributed by atoms with E-state index in [2.05, 4.69) is 26.7 Å². The fraction of sp³-hybridized carbons (Fsp3) is 0.429. The number of aliphatic hydroxyl groups excluding tert-OH is 1. The van der Waals surface area contributed by atoms with Crippen molar-refractivity contribution in [2.45, 2.75) is 32.3 Å². The lowest BCUT2D eigenvalue weighted by molar-refractivity contribution is 0.238. The summed E-state index contributed by atoms with van der Waals surface area (Å²) < 4.78 is 5.31.